The van der Waals surface area contributed by atoms with Gasteiger partial charge in [-0.05, 0) is 25.5 Å². The molecule has 0 unspecified atom stereocenters. The number of aliphatic hydroxyl groups is 2. The molecule has 41 heavy (non-hydrogen) atoms. The Morgan fingerprint density at radius 2 is 1.46 bits per heavy atom. The maximum absolute atomic E-state index is 13.0. The van der Waals surface area contributed by atoms with Gasteiger partial charge in [0.2, 0.25) is 0 Å². The van der Waals surface area contributed by atoms with Crippen LogP contribution in [0.5, 0.6) is 0 Å². The average molecular weight is 583 g/mol. The normalized spacial score (nSPS) is 44.4. The topological polar surface area (TPSA) is 184 Å². The Morgan fingerprint density at radius 1 is 0.927 bits per heavy atom. The van der Waals surface area contributed by atoms with Crippen LogP contribution >= 0.6 is 0 Å². The van der Waals surface area contributed by atoms with E-state index in [1.807, 2.05) is 0 Å². The van der Waals surface area contributed by atoms with Crippen molar-refractivity contribution >= 4 is 29.8 Å². The van der Waals surface area contributed by atoms with Gasteiger partial charge in [0.05, 0.1) is 29.6 Å². The lowest BCUT2D eigenvalue weighted by atomic mass is 9.53. The lowest BCUT2D eigenvalue weighted by Crippen LogP contribution is -2.69. The van der Waals surface area contributed by atoms with Crippen molar-refractivity contribution in [3.8, 4) is 0 Å². The standard InChI is InChI=1S/C28H38O13/c1-12-25(34)40-22-8-17(11-29)18(36-13(2)30)9-19(37-14(3)31)26(6)20(38-15(4)32)10-21-27(7,41-21)23(26)24(28(12,22)35)39-16(5)33/h8,12,18-24,29,35H,9-11H2,1-7H3/b17-8-/t12-,18+,19-,20-,21-,22-,23+,24-,26-,27-,28-/m0/s1. The fraction of sp³-hybridized carbons (Fsp3) is 0.750. The second kappa shape index (κ2) is 10.7. The molecule has 2 aliphatic carbocycles. The van der Waals surface area contributed by atoms with Gasteiger partial charge in [-0.15, -0.1) is 0 Å². The Balaban J connectivity index is 2.08. The Bertz CT molecular complexity index is 1160. The molecule has 2 aliphatic heterocycles. The molecule has 4 rings (SSSR count). The van der Waals surface area contributed by atoms with E-state index < -0.39 is 102 Å². The van der Waals surface area contributed by atoms with Gasteiger partial charge < -0.3 is 38.6 Å². The van der Waals surface area contributed by atoms with Gasteiger partial charge in [0.15, 0.2) is 11.7 Å². The van der Waals surface area contributed by atoms with Crippen LogP contribution in [0.15, 0.2) is 11.6 Å². The molecule has 228 valence electrons. The largest absolute Gasteiger partial charge is 0.462 e. The zero-order valence-electron chi connectivity index (χ0n) is 24.2. The van der Waals surface area contributed by atoms with Crippen LogP contribution in [0.1, 0.15) is 61.3 Å². The number of fused-ring (bicyclic) bond motifs is 4. The zero-order chi connectivity index (χ0) is 30.7. The zero-order valence-corrected chi connectivity index (χ0v) is 24.2. The molecule has 0 spiro atoms. The van der Waals surface area contributed by atoms with Crippen molar-refractivity contribution in [2.45, 2.75) is 109 Å². The van der Waals surface area contributed by atoms with E-state index in [0.29, 0.717) is 0 Å². The Labute approximate surface area is 237 Å². The van der Waals surface area contributed by atoms with Crippen molar-refractivity contribution in [3.05, 3.63) is 11.6 Å². The molecule has 0 aromatic heterocycles. The molecule has 3 fully saturated rings. The van der Waals surface area contributed by atoms with Gasteiger partial charge in [-0.1, -0.05) is 6.92 Å². The van der Waals surface area contributed by atoms with E-state index in [-0.39, 0.29) is 18.4 Å². The average Bonchev–Trinajstić information content (AvgIpc) is 3.45. The number of esters is 5. The van der Waals surface area contributed by atoms with Gasteiger partial charge in [-0.3, -0.25) is 24.0 Å². The van der Waals surface area contributed by atoms with E-state index in [0.717, 1.165) is 13.8 Å². The quantitative estimate of drug-likeness (QED) is 0.198. The van der Waals surface area contributed by atoms with Crippen LogP contribution in [0.25, 0.3) is 0 Å². The van der Waals surface area contributed by atoms with Gasteiger partial charge in [0.1, 0.15) is 24.4 Å². The summed E-state index contributed by atoms with van der Waals surface area (Å²) < 4.78 is 34.8. The lowest BCUT2D eigenvalue weighted by Gasteiger charge is -2.55. The van der Waals surface area contributed by atoms with Crippen molar-refractivity contribution in [1.29, 1.82) is 0 Å². The molecule has 0 aromatic rings. The van der Waals surface area contributed by atoms with E-state index in [4.69, 9.17) is 28.4 Å². The second-order valence-corrected chi connectivity index (χ2v) is 11.8. The second-order valence-electron chi connectivity index (χ2n) is 11.8. The maximum atomic E-state index is 13.0. The highest BCUT2D eigenvalue weighted by Crippen LogP contribution is 2.64. The number of hydrogen-bond acceptors (Lipinski definition) is 13. The summed E-state index contributed by atoms with van der Waals surface area (Å²) in [5.74, 6) is -5.92. The first-order chi connectivity index (χ1) is 19.0. The van der Waals surface area contributed by atoms with Crippen molar-refractivity contribution in [1.82, 2.24) is 0 Å². The molecule has 4 aliphatic rings. The summed E-state index contributed by atoms with van der Waals surface area (Å²) in [4.78, 5) is 62.7. The van der Waals surface area contributed by atoms with Crippen LogP contribution in [0, 0.1) is 17.3 Å². The third kappa shape index (κ3) is 5.12. The summed E-state index contributed by atoms with van der Waals surface area (Å²) in [5.41, 5.74) is -4.72. The molecule has 2 saturated heterocycles. The highest BCUT2D eigenvalue weighted by Gasteiger charge is 2.78. The first kappa shape index (κ1) is 30.9. The first-order valence-electron chi connectivity index (χ1n) is 13.6. The minimum atomic E-state index is -2.23. The lowest BCUT2D eigenvalue weighted by molar-refractivity contribution is -0.235. The summed E-state index contributed by atoms with van der Waals surface area (Å²) >= 11 is 0. The van der Waals surface area contributed by atoms with Gasteiger partial charge >= 0.3 is 29.8 Å². The molecule has 0 bridgehead atoms. The van der Waals surface area contributed by atoms with Crippen molar-refractivity contribution < 1.29 is 62.6 Å². The summed E-state index contributed by atoms with van der Waals surface area (Å²) in [5, 5.41) is 22.8. The van der Waals surface area contributed by atoms with E-state index in [9.17, 15) is 34.2 Å². The molecule has 0 radical (unpaired) electrons. The number of rotatable bonds is 5. The van der Waals surface area contributed by atoms with Crippen LogP contribution < -0.4 is 0 Å². The summed E-state index contributed by atoms with van der Waals surface area (Å²) in [7, 11) is 0. The van der Waals surface area contributed by atoms with Gasteiger partial charge in [0.25, 0.3) is 0 Å². The van der Waals surface area contributed by atoms with Gasteiger partial charge in [0, 0.05) is 46.5 Å². The SMILES string of the molecule is CC(=O)O[C@H]1C[C@@H]2O[C@]2(C)[C@@H]2[C@H](OC(C)=O)[C@@]3(O)[C@H](/C=C(/CO)[C@H](OC(C)=O)C[C@H](OC(C)=O)[C@@]12C)OC(=O)[C@@H]3C. The number of aliphatic hydroxyl groups excluding tert-OH is 1. The molecule has 13 nitrogen and oxygen atoms in total. The fourth-order valence-corrected chi connectivity index (χ4v) is 7.20. The molecule has 13 heteroatoms. The van der Waals surface area contributed by atoms with Gasteiger partial charge in [-0.2, -0.15) is 0 Å². The molecular weight excluding hydrogens is 544 g/mol. The van der Waals surface area contributed by atoms with Crippen LogP contribution in [0.4, 0.5) is 0 Å². The van der Waals surface area contributed by atoms with E-state index in [2.05, 4.69) is 0 Å². The van der Waals surface area contributed by atoms with Crippen LogP contribution in [-0.2, 0) is 52.4 Å². The molecule has 0 aromatic carbocycles. The Morgan fingerprint density at radius 3 is 1.98 bits per heavy atom. The smallest absolute Gasteiger partial charge is 0.312 e. The number of epoxide rings is 1. The number of hydrogen-bond donors (Lipinski definition) is 2. The van der Waals surface area contributed by atoms with Crippen LogP contribution in [0.2, 0.25) is 0 Å². The molecule has 2 heterocycles. The molecule has 2 N–H and O–H groups in total. The number of ether oxygens (including phenoxy) is 6. The minimum absolute atomic E-state index is 0.0536. The number of carbonyl (C=O) groups excluding carboxylic acids is 5. The van der Waals surface area contributed by atoms with Crippen LogP contribution in [0.3, 0.4) is 0 Å². The van der Waals surface area contributed by atoms with Crippen molar-refractivity contribution in [2.75, 3.05) is 6.61 Å². The van der Waals surface area contributed by atoms with Gasteiger partial charge in [-0.25, -0.2) is 0 Å². The minimum Gasteiger partial charge on any atom is -0.462 e. The van der Waals surface area contributed by atoms with E-state index in [1.54, 1.807) is 13.8 Å². The Hall–Kier alpha value is -3.03. The predicted octanol–water partition coefficient (Wildman–Crippen LogP) is 0.512. The first-order valence-corrected chi connectivity index (χ1v) is 13.6. The molecular formula is C28H38O13. The summed E-state index contributed by atoms with van der Waals surface area (Å²) in [6.07, 6.45) is -5.59. The van der Waals surface area contributed by atoms with E-state index >= 15 is 0 Å². The summed E-state index contributed by atoms with van der Waals surface area (Å²) in [6, 6.07) is 0. The van der Waals surface area contributed by atoms with Crippen molar-refractivity contribution in [2.24, 2.45) is 17.3 Å². The highest BCUT2D eigenvalue weighted by molar-refractivity contribution is 5.78. The van der Waals surface area contributed by atoms with Crippen LogP contribution in [-0.4, -0.2) is 94.5 Å². The fourth-order valence-electron chi connectivity index (χ4n) is 7.20. The molecule has 1 saturated carbocycles. The Kier molecular flexibility index (Phi) is 8.04. The van der Waals surface area contributed by atoms with Crippen molar-refractivity contribution in [3.63, 3.8) is 0 Å². The molecule has 0 amide bonds. The third-order valence-corrected chi connectivity index (χ3v) is 9.19. The maximum Gasteiger partial charge on any atom is 0.312 e. The molecule has 11 atom stereocenters. The predicted molar refractivity (Wildman–Crippen MR) is 135 cm³/mol. The van der Waals surface area contributed by atoms with E-state index in [1.165, 1.54) is 26.8 Å². The monoisotopic (exact) mass is 582 g/mol. The highest BCUT2D eigenvalue weighted by atomic mass is 16.6. The third-order valence-electron chi connectivity index (χ3n) is 9.19. The number of carbonyl (C=O) groups is 5. The summed E-state index contributed by atoms with van der Waals surface area (Å²) in [6.45, 7) is 8.85.